The van der Waals surface area contributed by atoms with Crippen LogP contribution in [0.4, 0.5) is 13.2 Å². The lowest BCUT2D eigenvalue weighted by atomic mass is 10.1. The average molecular weight is 219 g/mol. The lowest BCUT2D eigenvalue weighted by Gasteiger charge is -2.08. The van der Waals surface area contributed by atoms with Crippen LogP contribution < -0.4 is 0 Å². The third-order valence-corrected chi connectivity index (χ3v) is 1.85. The van der Waals surface area contributed by atoms with Crippen molar-refractivity contribution in [3.63, 3.8) is 0 Å². The second-order valence-electron chi connectivity index (χ2n) is 2.86. The van der Waals surface area contributed by atoms with Gasteiger partial charge in [-0.1, -0.05) is 13.0 Å². The maximum atomic E-state index is 12.2. The van der Waals surface area contributed by atoms with Crippen LogP contribution in [0.15, 0.2) is 12.1 Å². The first-order valence-electron chi connectivity index (χ1n) is 4.16. The van der Waals surface area contributed by atoms with Crippen molar-refractivity contribution in [2.45, 2.75) is 19.5 Å². The summed E-state index contributed by atoms with van der Waals surface area (Å²) < 4.78 is 36.6. The number of aromatic nitrogens is 1. The maximum Gasteiger partial charge on any atom is 0.433 e. The summed E-state index contributed by atoms with van der Waals surface area (Å²) >= 11 is 0. The van der Waals surface area contributed by atoms with Gasteiger partial charge in [-0.15, -0.1) is 0 Å². The van der Waals surface area contributed by atoms with Gasteiger partial charge in [0.15, 0.2) is 5.69 Å². The highest BCUT2D eigenvalue weighted by Gasteiger charge is 2.33. The minimum Gasteiger partial charge on any atom is -0.477 e. The fourth-order valence-electron chi connectivity index (χ4n) is 1.12. The molecular weight excluding hydrogens is 211 g/mol. The molecule has 6 heteroatoms. The van der Waals surface area contributed by atoms with E-state index in [4.69, 9.17) is 5.11 Å². The monoisotopic (exact) mass is 219 g/mol. The number of pyridine rings is 1. The largest absolute Gasteiger partial charge is 0.477 e. The predicted octanol–water partition coefficient (Wildman–Crippen LogP) is 2.36. The van der Waals surface area contributed by atoms with E-state index >= 15 is 0 Å². The van der Waals surface area contributed by atoms with Gasteiger partial charge in [0.25, 0.3) is 0 Å². The molecule has 1 rings (SSSR count). The number of alkyl halides is 3. The summed E-state index contributed by atoms with van der Waals surface area (Å²) in [4.78, 5) is 13.7. The Morgan fingerprint density at radius 1 is 1.47 bits per heavy atom. The number of carbonyl (C=O) groups is 1. The first kappa shape index (κ1) is 11.5. The lowest BCUT2D eigenvalue weighted by Crippen LogP contribution is -2.13. The highest BCUT2D eigenvalue weighted by Crippen LogP contribution is 2.28. The van der Waals surface area contributed by atoms with E-state index in [-0.39, 0.29) is 5.56 Å². The number of nitrogens with zero attached hydrogens (tertiary/aromatic N) is 1. The van der Waals surface area contributed by atoms with Gasteiger partial charge in [0.1, 0.15) is 5.69 Å². The van der Waals surface area contributed by atoms with Crippen LogP contribution >= 0.6 is 0 Å². The number of hydrogen-bond acceptors (Lipinski definition) is 2. The molecule has 82 valence electrons. The minimum absolute atomic E-state index is 0.288. The molecule has 0 aliphatic carbocycles. The fourth-order valence-corrected chi connectivity index (χ4v) is 1.12. The second-order valence-corrected chi connectivity index (χ2v) is 2.86. The molecule has 0 spiro atoms. The number of halogens is 3. The smallest absolute Gasteiger partial charge is 0.433 e. The summed E-state index contributed by atoms with van der Waals surface area (Å²) in [7, 11) is 0. The maximum absolute atomic E-state index is 12.2. The van der Waals surface area contributed by atoms with Crippen LogP contribution in [0, 0.1) is 0 Å². The van der Waals surface area contributed by atoms with Gasteiger partial charge in [-0.05, 0) is 18.1 Å². The molecule has 0 aliphatic heterocycles. The van der Waals surface area contributed by atoms with Gasteiger partial charge < -0.3 is 5.11 Å². The third kappa shape index (κ3) is 2.45. The highest BCUT2D eigenvalue weighted by molar-refractivity contribution is 5.87. The van der Waals surface area contributed by atoms with E-state index < -0.39 is 23.5 Å². The Morgan fingerprint density at radius 3 is 2.47 bits per heavy atom. The molecule has 0 radical (unpaired) electrons. The summed E-state index contributed by atoms with van der Waals surface area (Å²) in [5, 5.41) is 8.66. The van der Waals surface area contributed by atoms with Crippen molar-refractivity contribution in [2.24, 2.45) is 0 Å². The number of rotatable bonds is 2. The molecule has 0 fully saturated rings. The molecule has 1 heterocycles. The van der Waals surface area contributed by atoms with Gasteiger partial charge in [-0.25, -0.2) is 9.78 Å². The zero-order valence-corrected chi connectivity index (χ0v) is 7.80. The number of hydrogen-bond donors (Lipinski definition) is 1. The van der Waals surface area contributed by atoms with Crippen molar-refractivity contribution in [1.82, 2.24) is 4.98 Å². The van der Waals surface area contributed by atoms with Gasteiger partial charge in [0.2, 0.25) is 0 Å². The highest BCUT2D eigenvalue weighted by atomic mass is 19.4. The van der Waals surface area contributed by atoms with Gasteiger partial charge in [-0.3, -0.25) is 0 Å². The first-order valence-corrected chi connectivity index (χ1v) is 4.16. The van der Waals surface area contributed by atoms with E-state index in [0.717, 1.165) is 12.1 Å². The van der Waals surface area contributed by atoms with E-state index in [0.29, 0.717) is 6.42 Å². The molecule has 0 aliphatic rings. The number of aryl methyl sites for hydroxylation is 1. The summed E-state index contributed by atoms with van der Waals surface area (Å²) in [6.07, 6.45) is -4.29. The van der Waals surface area contributed by atoms with E-state index in [2.05, 4.69) is 4.98 Å². The van der Waals surface area contributed by atoms with Crippen molar-refractivity contribution in [3.05, 3.63) is 29.1 Å². The SMILES string of the molecule is CCc1ccc(C(F)(F)F)nc1C(=O)O. The summed E-state index contributed by atoms with van der Waals surface area (Å²) in [6.45, 7) is 1.65. The van der Waals surface area contributed by atoms with E-state index in [1.165, 1.54) is 0 Å². The number of carboxylic acids is 1. The van der Waals surface area contributed by atoms with Crippen LogP contribution in [0.5, 0.6) is 0 Å². The third-order valence-electron chi connectivity index (χ3n) is 1.85. The zero-order chi connectivity index (χ0) is 11.6. The molecule has 0 aromatic carbocycles. The lowest BCUT2D eigenvalue weighted by molar-refractivity contribution is -0.141. The van der Waals surface area contributed by atoms with Crippen LogP contribution in [-0.4, -0.2) is 16.1 Å². The summed E-state index contributed by atoms with van der Waals surface area (Å²) in [5.74, 6) is -1.45. The van der Waals surface area contributed by atoms with E-state index in [9.17, 15) is 18.0 Å². The zero-order valence-electron chi connectivity index (χ0n) is 7.80. The molecule has 1 aromatic rings. The number of carboxylic acid groups (broad SMARTS) is 1. The van der Waals surface area contributed by atoms with Crippen molar-refractivity contribution < 1.29 is 23.1 Å². The molecule has 0 saturated heterocycles. The van der Waals surface area contributed by atoms with E-state index in [1.807, 2.05) is 0 Å². The van der Waals surface area contributed by atoms with Crippen molar-refractivity contribution >= 4 is 5.97 Å². The van der Waals surface area contributed by atoms with E-state index in [1.54, 1.807) is 6.92 Å². The molecule has 15 heavy (non-hydrogen) atoms. The van der Waals surface area contributed by atoms with Gasteiger partial charge >= 0.3 is 12.1 Å². The molecule has 0 saturated carbocycles. The molecule has 0 amide bonds. The summed E-state index contributed by atoms with van der Waals surface area (Å²) in [6, 6.07) is 1.92. The Hall–Kier alpha value is -1.59. The molecule has 1 N–H and O–H groups in total. The standard InChI is InChI=1S/C9H8F3NO2/c1-2-5-3-4-6(9(10,11)12)13-7(5)8(14)15/h3-4H,2H2,1H3,(H,14,15). The van der Waals surface area contributed by atoms with Gasteiger partial charge in [0, 0.05) is 0 Å². The van der Waals surface area contributed by atoms with Crippen LogP contribution in [0.2, 0.25) is 0 Å². The molecule has 3 nitrogen and oxygen atoms in total. The molecule has 0 unspecified atom stereocenters. The summed E-state index contributed by atoms with van der Waals surface area (Å²) in [5.41, 5.74) is -1.43. The van der Waals surface area contributed by atoms with Crippen LogP contribution in [0.3, 0.4) is 0 Å². The second kappa shape index (κ2) is 3.88. The fraction of sp³-hybridized carbons (Fsp3) is 0.333. The Morgan fingerprint density at radius 2 is 2.07 bits per heavy atom. The molecule has 1 aromatic heterocycles. The average Bonchev–Trinajstić information content (AvgIpc) is 2.15. The van der Waals surface area contributed by atoms with Crippen LogP contribution in [0.1, 0.15) is 28.7 Å². The molecular formula is C9H8F3NO2. The van der Waals surface area contributed by atoms with Crippen molar-refractivity contribution in [2.75, 3.05) is 0 Å². The Balaban J connectivity index is 3.28. The van der Waals surface area contributed by atoms with Gasteiger partial charge in [-0.2, -0.15) is 13.2 Å². The van der Waals surface area contributed by atoms with Crippen molar-refractivity contribution in [3.8, 4) is 0 Å². The van der Waals surface area contributed by atoms with Gasteiger partial charge in [0.05, 0.1) is 0 Å². The normalized spacial score (nSPS) is 11.5. The van der Waals surface area contributed by atoms with Crippen LogP contribution in [-0.2, 0) is 12.6 Å². The quantitative estimate of drug-likeness (QED) is 0.830. The first-order chi connectivity index (χ1) is 6.86. The topological polar surface area (TPSA) is 50.2 Å². The molecule has 0 atom stereocenters. The molecule has 0 bridgehead atoms. The predicted molar refractivity (Wildman–Crippen MR) is 45.6 cm³/mol. The minimum atomic E-state index is -4.61. The Labute approximate surface area is 83.6 Å². The Bertz CT molecular complexity index is 387. The Kier molecular flexibility index (Phi) is 2.97. The van der Waals surface area contributed by atoms with Crippen molar-refractivity contribution in [1.29, 1.82) is 0 Å². The number of aromatic carboxylic acids is 1. The van der Waals surface area contributed by atoms with Crippen LogP contribution in [0.25, 0.3) is 0 Å².